The summed E-state index contributed by atoms with van der Waals surface area (Å²) in [7, 11) is 0. The Morgan fingerprint density at radius 2 is 2.40 bits per heavy atom. The summed E-state index contributed by atoms with van der Waals surface area (Å²) in [5, 5.41) is 3.07. The average Bonchev–Trinajstić information content (AvgIpc) is 2.83. The molecule has 2 aromatic heterocycles. The largest absolute Gasteiger partial charge is 0.292 e. The topological polar surface area (TPSA) is 63.6 Å². The summed E-state index contributed by atoms with van der Waals surface area (Å²) >= 11 is 1.75. The van der Waals surface area contributed by atoms with Crippen molar-refractivity contribution >= 4 is 11.8 Å². The van der Waals surface area contributed by atoms with Gasteiger partial charge >= 0.3 is 0 Å². The van der Waals surface area contributed by atoms with E-state index in [2.05, 4.69) is 15.1 Å². The summed E-state index contributed by atoms with van der Waals surface area (Å²) in [4.78, 5) is 19.8. The fraction of sp³-hybridized carbons (Fsp3) is 0.222. The number of hydrogen-bond donors (Lipinski definition) is 1. The van der Waals surface area contributed by atoms with Gasteiger partial charge in [-0.15, -0.1) is 0 Å². The Balaban J connectivity index is 2.19. The van der Waals surface area contributed by atoms with Crippen LogP contribution < -0.4 is 5.56 Å². The molecule has 0 aromatic carbocycles. The Kier molecular flexibility index (Phi) is 1.88. The molecule has 1 aliphatic heterocycles. The third-order valence-electron chi connectivity index (χ3n) is 2.36. The monoisotopic (exact) mass is 220 g/mol. The van der Waals surface area contributed by atoms with Gasteiger partial charge in [-0.3, -0.25) is 9.89 Å². The van der Waals surface area contributed by atoms with Crippen molar-refractivity contribution in [3.05, 3.63) is 40.2 Å². The molecule has 0 spiro atoms. The molecule has 15 heavy (non-hydrogen) atoms. The van der Waals surface area contributed by atoms with Crippen LogP contribution in [0.3, 0.4) is 0 Å². The van der Waals surface area contributed by atoms with Gasteiger partial charge in [0.1, 0.15) is 6.33 Å². The van der Waals surface area contributed by atoms with E-state index in [-0.39, 0.29) is 5.56 Å². The molecular weight excluding hydrogens is 212 g/mol. The SMILES string of the molecule is O=c1c2c([nH]n1-c1ccncn1)CSC2. The highest BCUT2D eigenvalue weighted by atomic mass is 32.2. The molecule has 0 unspecified atom stereocenters. The lowest BCUT2D eigenvalue weighted by Gasteiger charge is -1.99. The first-order valence-corrected chi connectivity index (χ1v) is 5.68. The maximum absolute atomic E-state index is 11.9. The van der Waals surface area contributed by atoms with Crippen molar-refractivity contribution in [1.82, 2.24) is 19.7 Å². The Hall–Kier alpha value is -1.56. The molecule has 3 heterocycles. The predicted octanol–water partition coefficient (Wildman–Crippen LogP) is 0.702. The third-order valence-corrected chi connectivity index (χ3v) is 3.35. The summed E-state index contributed by atoms with van der Waals surface area (Å²) in [6.45, 7) is 0. The number of rotatable bonds is 1. The van der Waals surface area contributed by atoms with E-state index in [0.717, 1.165) is 22.8 Å². The maximum atomic E-state index is 11.9. The minimum Gasteiger partial charge on any atom is -0.292 e. The fourth-order valence-corrected chi connectivity index (χ4v) is 2.66. The zero-order chi connectivity index (χ0) is 10.3. The molecule has 1 aliphatic rings. The normalized spacial score (nSPS) is 14.1. The van der Waals surface area contributed by atoms with E-state index in [9.17, 15) is 4.79 Å². The standard InChI is InChI=1S/C9H8N4OS/c14-9-6-3-15-4-7(6)12-13(9)8-1-2-10-5-11-8/h1-2,5,12H,3-4H2. The van der Waals surface area contributed by atoms with E-state index in [1.165, 1.54) is 11.0 Å². The van der Waals surface area contributed by atoms with Gasteiger partial charge in [0.05, 0.1) is 11.3 Å². The first kappa shape index (κ1) is 8.72. The summed E-state index contributed by atoms with van der Waals surface area (Å²) in [6.07, 6.45) is 3.05. The van der Waals surface area contributed by atoms with Crippen molar-refractivity contribution in [2.75, 3.05) is 0 Å². The number of aromatic amines is 1. The summed E-state index contributed by atoms with van der Waals surface area (Å²) in [5.74, 6) is 2.26. The van der Waals surface area contributed by atoms with Gasteiger partial charge in [0.2, 0.25) is 0 Å². The quantitative estimate of drug-likeness (QED) is 0.768. The highest BCUT2D eigenvalue weighted by Crippen LogP contribution is 2.25. The zero-order valence-corrected chi connectivity index (χ0v) is 8.62. The smallest absolute Gasteiger partial charge is 0.276 e. The van der Waals surface area contributed by atoms with Crippen LogP contribution in [0.5, 0.6) is 0 Å². The molecule has 0 bridgehead atoms. The fourth-order valence-electron chi connectivity index (χ4n) is 1.62. The lowest BCUT2D eigenvalue weighted by atomic mass is 10.3. The molecule has 5 nitrogen and oxygen atoms in total. The number of fused-ring (bicyclic) bond motifs is 1. The zero-order valence-electron chi connectivity index (χ0n) is 7.80. The van der Waals surface area contributed by atoms with Crippen molar-refractivity contribution in [3.63, 3.8) is 0 Å². The van der Waals surface area contributed by atoms with Crippen molar-refractivity contribution in [2.45, 2.75) is 11.5 Å². The Morgan fingerprint density at radius 1 is 1.47 bits per heavy atom. The van der Waals surface area contributed by atoms with E-state index in [4.69, 9.17) is 0 Å². The van der Waals surface area contributed by atoms with Crippen molar-refractivity contribution in [1.29, 1.82) is 0 Å². The number of hydrogen-bond acceptors (Lipinski definition) is 4. The van der Waals surface area contributed by atoms with Gasteiger partial charge in [-0.25, -0.2) is 14.6 Å². The first-order chi connectivity index (χ1) is 7.36. The van der Waals surface area contributed by atoms with Crippen LogP contribution in [0.2, 0.25) is 0 Å². The third kappa shape index (κ3) is 1.29. The van der Waals surface area contributed by atoms with Gasteiger partial charge in [-0.1, -0.05) is 0 Å². The van der Waals surface area contributed by atoms with Crippen LogP contribution in [0.4, 0.5) is 0 Å². The number of thioether (sulfide) groups is 1. The minimum absolute atomic E-state index is 0.00806. The second kappa shape index (κ2) is 3.23. The predicted molar refractivity (Wildman–Crippen MR) is 57.0 cm³/mol. The summed E-state index contributed by atoms with van der Waals surface area (Å²) in [6, 6.07) is 1.71. The number of nitrogens with zero attached hydrogens (tertiary/aromatic N) is 3. The van der Waals surface area contributed by atoms with E-state index < -0.39 is 0 Å². The number of nitrogens with one attached hydrogen (secondary N) is 1. The molecule has 3 rings (SSSR count). The van der Waals surface area contributed by atoms with Crippen LogP contribution in [0, 0.1) is 0 Å². The van der Waals surface area contributed by atoms with E-state index in [0.29, 0.717) is 5.82 Å². The highest BCUT2D eigenvalue weighted by molar-refractivity contribution is 7.98. The molecule has 0 saturated carbocycles. The Morgan fingerprint density at radius 3 is 3.13 bits per heavy atom. The molecule has 0 aliphatic carbocycles. The van der Waals surface area contributed by atoms with Gasteiger partial charge in [0.25, 0.3) is 5.56 Å². The second-order valence-electron chi connectivity index (χ2n) is 3.27. The molecule has 76 valence electrons. The van der Waals surface area contributed by atoms with Gasteiger partial charge in [0, 0.05) is 23.8 Å². The van der Waals surface area contributed by atoms with Gasteiger partial charge in [-0.05, 0) is 0 Å². The number of aromatic nitrogens is 4. The van der Waals surface area contributed by atoms with Crippen LogP contribution in [0.15, 0.2) is 23.4 Å². The summed E-state index contributed by atoms with van der Waals surface area (Å²) < 4.78 is 1.48. The lowest BCUT2D eigenvalue weighted by molar-refractivity contribution is 0.798. The average molecular weight is 220 g/mol. The molecule has 0 amide bonds. The maximum Gasteiger partial charge on any atom is 0.276 e. The first-order valence-electron chi connectivity index (χ1n) is 4.53. The van der Waals surface area contributed by atoms with Gasteiger partial charge in [0.15, 0.2) is 5.82 Å². The Labute approximate surface area is 89.5 Å². The molecule has 0 radical (unpaired) electrons. The minimum atomic E-state index is 0.00806. The van der Waals surface area contributed by atoms with Gasteiger partial charge in [-0.2, -0.15) is 11.8 Å². The van der Waals surface area contributed by atoms with Crippen molar-refractivity contribution in [3.8, 4) is 5.82 Å². The highest BCUT2D eigenvalue weighted by Gasteiger charge is 2.20. The molecule has 2 aromatic rings. The van der Waals surface area contributed by atoms with Crippen LogP contribution in [-0.4, -0.2) is 19.7 Å². The summed E-state index contributed by atoms with van der Waals surface area (Å²) in [5.41, 5.74) is 1.90. The molecule has 0 fully saturated rings. The number of H-pyrrole nitrogens is 1. The van der Waals surface area contributed by atoms with Gasteiger partial charge < -0.3 is 0 Å². The molecule has 0 atom stereocenters. The molecule has 1 N–H and O–H groups in total. The lowest BCUT2D eigenvalue weighted by Crippen LogP contribution is -2.17. The van der Waals surface area contributed by atoms with Crippen molar-refractivity contribution in [2.24, 2.45) is 0 Å². The van der Waals surface area contributed by atoms with Crippen molar-refractivity contribution < 1.29 is 0 Å². The van der Waals surface area contributed by atoms with Crippen LogP contribution in [-0.2, 0) is 11.5 Å². The van der Waals surface area contributed by atoms with Crippen LogP contribution in [0.25, 0.3) is 5.82 Å². The molecular formula is C9H8N4OS. The van der Waals surface area contributed by atoms with Crippen LogP contribution >= 0.6 is 11.8 Å². The van der Waals surface area contributed by atoms with Crippen LogP contribution in [0.1, 0.15) is 11.3 Å². The Bertz CT molecular complexity index is 545. The van der Waals surface area contributed by atoms with E-state index in [1.54, 1.807) is 24.0 Å². The van der Waals surface area contributed by atoms with E-state index in [1.807, 2.05) is 0 Å². The second-order valence-corrected chi connectivity index (χ2v) is 4.26. The van der Waals surface area contributed by atoms with E-state index >= 15 is 0 Å². The molecule has 0 saturated heterocycles. The molecule has 6 heteroatoms.